The number of ether oxygens (including phenoxy) is 1. The maximum Gasteiger partial charge on any atom is 0.305 e. The molecule has 1 saturated carbocycles. The molecule has 9 heteroatoms. The van der Waals surface area contributed by atoms with E-state index in [1.165, 1.54) is 11.6 Å². The first-order chi connectivity index (χ1) is 15.4. The third kappa shape index (κ3) is 8.83. The van der Waals surface area contributed by atoms with Gasteiger partial charge in [0.2, 0.25) is 0 Å². The second kappa shape index (κ2) is 15.1. The van der Waals surface area contributed by atoms with Gasteiger partial charge in [-0.3, -0.25) is 14.5 Å². The molecular formula is C25H37Cl2FN2O3S. The van der Waals surface area contributed by atoms with Crippen LogP contribution in [0.4, 0.5) is 4.39 Å². The molecule has 1 heterocycles. The number of thiol groups is 1. The molecule has 2 unspecified atom stereocenters. The van der Waals surface area contributed by atoms with Crippen molar-refractivity contribution in [1.29, 1.82) is 0 Å². The minimum atomic E-state index is -0.532. The topological polar surface area (TPSA) is 49.9 Å². The van der Waals surface area contributed by atoms with Gasteiger partial charge in [-0.15, -0.1) is 24.8 Å². The monoisotopic (exact) mass is 534 g/mol. The van der Waals surface area contributed by atoms with Crippen molar-refractivity contribution in [3.8, 4) is 0 Å². The van der Waals surface area contributed by atoms with E-state index in [0.717, 1.165) is 45.3 Å². The summed E-state index contributed by atoms with van der Waals surface area (Å²) < 4.78 is 19.6. The third-order valence-electron chi connectivity index (χ3n) is 6.21. The number of likely N-dealkylation sites (tertiary alicyclic amines) is 1. The Labute approximate surface area is 220 Å². The van der Waals surface area contributed by atoms with Gasteiger partial charge in [0, 0.05) is 42.8 Å². The van der Waals surface area contributed by atoms with Gasteiger partial charge in [-0.1, -0.05) is 24.3 Å². The van der Waals surface area contributed by atoms with E-state index in [2.05, 4.69) is 15.9 Å². The van der Waals surface area contributed by atoms with Crippen molar-refractivity contribution in [3.05, 3.63) is 47.3 Å². The first-order valence-electron chi connectivity index (χ1n) is 11.6. The number of hydrogen-bond acceptors (Lipinski definition) is 6. The summed E-state index contributed by atoms with van der Waals surface area (Å²) in [5.74, 6) is -0.266. The third-order valence-corrected chi connectivity index (χ3v) is 6.80. The van der Waals surface area contributed by atoms with Crippen LogP contribution in [0.5, 0.6) is 0 Å². The highest BCUT2D eigenvalue weighted by molar-refractivity contribution is 7.81. The van der Waals surface area contributed by atoms with E-state index in [1.54, 1.807) is 18.2 Å². The predicted octanol–water partition coefficient (Wildman–Crippen LogP) is 4.90. The Hall–Kier alpha value is -1.12. The maximum absolute atomic E-state index is 14.6. The minimum Gasteiger partial charge on any atom is -0.466 e. The summed E-state index contributed by atoms with van der Waals surface area (Å²) in [6.07, 6.45) is 5.99. The molecule has 1 saturated heterocycles. The van der Waals surface area contributed by atoms with Gasteiger partial charge in [-0.25, -0.2) is 4.39 Å². The van der Waals surface area contributed by atoms with Gasteiger partial charge in [-0.2, -0.15) is 12.6 Å². The van der Waals surface area contributed by atoms with Crippen LogP contribution in [0, 0.1) is 11.7 Å². The fourth-order valence-electron chi connectivity index (χ4n) is 4.22. The highest BCUT2D eigenvalue weighted by Gasteiger charge is 2.40. The van der Waals surface area contributed by atoms with Gasteiger partial charge in [-0.05, 0) is 57.8 Å². The van der Waals surface area contributed by atoms with E-state index in [9.17, 15) is 14.0 Å². The van der Waals surface area contributed by atoms with Crippen LogP contribution in [-0.2, 0) is 14.3 Å². The number of likely N-dealkylation sites (N-methyl/N-ethyl adjacent to an activating group) is 1. The molecule has 2 aliphatic rings. The molecule has 192 valence electrons. The zero-order valence-electron chi connectivity index (χ0n) is 20.0. The largest absolute Gasteiger partial charge is 0.466 e. The van der Waals surface area contributed by atoms with Crippen LogP contribution in [-0.4, -0.2) is 66.6 Å². The van der Waals surface area contributed by atoms with Crippen LogP contribution >= 0.6 is 37.4 Å². The molecule has 0 amide bonds. The molecule has 34 heavy (non-hydrogen) atoms. The number of Topliss-reactive ketones (excluding diaryl/α,β-unsaturated/α-hetero) is 1. The number of carbonyl (C=O) groups is 2. The van der Waals surface area contributed by atoms with E-state index in [0.29, 0.717) is 25.1 Å². The molecule has 0 spiro atoms. The van der Waals surface area contributed by atoms with Crippen molar-refractivity contribution < 1.29 is 18.7 Å². The molecule has 1 aliphatic carbocycles. The Morgan fingerprint density at radius 1 is 1.26 bits per heavy atom. The van der Waals surface area contributed by atoms with Gasteiger partial charge >= 0.3 is 5.97 Å². The van der Waals surface area contributed by atoms with Crippen molar-refractivity contribution in [1.82, 2.24) is 9.80 Å². The standard InChI is InChI=1S/C25H35FN2O3S.2ClH/c1-3-31-23(29)9-6-14-27(2)15-12-19-17-28(16-13-22(19)32)24(25(30)18-10-11-18)20-7-4-5-8-21(20)26;;/h4-5,7-8,12,18,22,24,32H,3,6,9-11,13-17H2,1-2H3;2*1H. The Morgan fingerprint density at radius 3 is 2.62 bits per heavy atom. The van der Waals surface area contributed by atoms with Crippen LogP contribution in [0.25, 0.3) is 0 Å². The fourth-order valence-corrected chi connectivity index (χ4v) is 4.52. The summed E-state index contributed by atoms with van der Waals surface area (Å²) in [6.45, 7) is 5.09. The number of piperidine rings is 1. The average Bonchev–Trinajstić information content (AvgIpc) is 3.61. The minimum absolute atomic E-state index is 0. The number of carbonyl (C=O) groups excluding carboxylic acids is 2. The van der Waals surface area contributed by atoms with Crippen LogP contribution in [0.3, 0.4) is 0 Å². The molecule has 1 aromatic carbocycles. The van der Waals surface area contributed by atoms with Gasteiger partial charge in [0.05, 0.1) is 12.6 Å². The lowest BCUT2D eigenvalue weighted by Crippen LogP contribution is -2.43. The molecule has 0 aromatic heterocycles. The summed E-state index contributed by atoms with van der Waals surface area (Å²) in [7, 11) is 2.02. The van der Waals surface area contributed by atoms with E-state index in [-0.39, 0.29) is 53.6 Å². The van der Waals surface area contributed by atoms with Gasteiger partial charge < -0.3 is 9.64 Å². The summed E-state index contributed by atoms with van der Waals surface area (Å²) in [6, 6.07) is 6.12. The number of rotatable bonds is 11. The van der Waals surface area contributed by atoms with Crippen molar-refractivity contribution in [2.75, 3.05) is 39.8 Å². The SMILES string of the molecule is CCOC(=O)CCCN(C)CC=C1CN(C(C(=O)C2CC2)c2ccccc2F)CCC1S.Cl.Cl. The number of esters is 1. The van der Waals surface area contributed by atoms with Gasteiger partial charge in [0.1, 0.15) is 5.82 Å². The molecule has 2 atom stereocenters. The van der Waals surface area contributed by atoms with Crippen molar-refractivity contribution >= 4 is 49.2 Å². The number of benzene rings is 1. The number of nitrogens with zero attached hydrogens (tertiary/aromatic N) is 2. The molecule has 2 fully saturated rings. The zero-order chi connectivity index (χ0) is 23.1. The summed E-state index contributed by atoms with van der Waals surface area (Å²) in [5.41, 5.74) is 1.65. The highest BCUT2D eigenvalue weighted by Crippen LogP contribution is 2.39. The zero-order valence-corrected chi connectivity index (χ0v) is 22.5. The van der Waals surface area contributed by atoms with E-state index < -0.39 is 6.04 Å². The number of ketones is 1. The molecule has 1 aliphatic heterocycles. The highest BCUT2D eigenvalue weighted by atomic mass is 35.5. The Kier molecular flexibility index (Phi) is 13.7. The lowest BCUT2D eigenvalue weighted by molar-refractivity contribution is -0.143. The van der Waals surface area contributed by atoms with Crippen molar-refractivity contribution in [2.45, 2.75) is 50.3 Å². The molecule has 5 nitrogen and oxygen atoms in total. The van der Waals surface area contributed by atoms with E-state index >= 15 is 0 Å². The van der Waals surface area contributed by atoms with Crippen LogP contribution in [0.15, 0.2) is 35.9 Å². The molecular weight excluding hydrogens is 498 g/mol. The molecule has 0 bridgehead atoms. The van der Waals surface area contributed by atoms with E-state index in [1.807, 2.05) is 14.0 Å². The van der Waals surface area contributed by atoms with Crippen LogP contribution in [0.2, 0.25) is 0 Å². The number of hydrogen-bond donors (Lipinski definition) is 1. The summed E-state index contributed by atoms with van der Waals surface area (Å²) in [4.78, 5) is 28.9. The Morgan fingerprint density at radius 2 is 1.97 bits per heavy atom. The predicted molar refractivity (Wildman–Crippen MR) is 142 cm³/mol. The Balaban J connectivity index is 0.00000289. The lowest BCUT2D eigenvalue weighted by atomic mass is 9.93. The molecule has 0 radical (unpaired) electrons. The fraction of sp³-hybridized carbons (Fsp3) is 0.600. The van der Waals surface area contributed by atoms with Crippen molar-refractivity contribution in [2.24, 2.45) is 5.92 Å². The average molecular weight is 536 g/mol. The van der Waals surface area contributed by atoms with E-state index in [4.69, 9.17) is 17.4 Å². The molecule has 0 N–H and O–H groups in total. The van der Waals surface area contributed by atoms with Crippen molar-refractivity contribution in [3.63, 3.8) is 0 Å². The number of halogens is 3. The molecule has 3 rings (SSSR count). The Bertz CT molecular complexity index is 838. The second-order valence-corrected chi connectivity index (χ2v) is 9.45. The quantitative estimate of drug-likeness (QED) is 0.248. The normalized spacial score (nSPS) is 20.4. The lowest BCUT2D eigenvalue weighted by Gasteiger charge is -2.38. The van der Waals surface area contributed by atoms with Crippen LogP contribution in [0.1, 0.15) is 50.6 Å². The van der Waals surface area contributed by atoms with Crippen LogP contribution < -0.4 is 0 Å². The van der Waals surface area contributed by atoms with Gasteiger partial charge in [0.15, 0.2) is 5.78 Å². The maximum atomic E-state index is 14.6. The molecule has 1 aromatic rings. The summed E-state index contributed by atoms with van der Waals surface area (Å²) in [5, 5.41) is 0.136. The van der Waals surface area contributed by atoms with Gasteiger partial charge in [0.25, 0.3) is 0 Å². The first kappa shape index (κ1) is 30.9. The smallest absolute Gasteiger partial charge is 0.305 e. The summed E-state index contributed by atoms with van der Waals surface area (Å²) >= 11 is 4.77. The second-order valence-electron chi connectivity index (χ2n) is 8.83. The first-order valence-corrected chi connectivity index (χ1v) is 12.2.